The summed E-state index contributed by atoms with van der Waals surface area (Å²) in [6, 6.07) is 7.57. The maximum atomic E-state index is 11.4. The van der Waals surface area contributed by atoms with Crippen LogP contribution in [0, 0.1) is 11.8 Å². The normalized spacial score (nSPS) is 17.5. The van der Waals surface area contributed by atoms with Crippen molar-refractivity contribution in [1.82, 2.24) is 0 Å². The zero-order valence-electron chi connectivity index (χ0n) is 11.2. The molecule has 1 atom stereocenters. The molecule has 3 heteroatoms. The number of aliphatic hydroxyl groups excluding tert-OH is 1. The molecular formula is C16H22O3. The van der Waals surface area contributed by atoms with Crippen LogP contribution in [0.5, 0.6) is 0 Å². The van der Waals surface area contributed by atoms with Crippen molar-refractivity contribution in [3.8, 4) is 0 Å². The molecule has 0 bridgehead atoms. The van der Waals surface area contributed by atoms with E-state index in [1.807, 2.05) is 24.3 Å². The minimum atomic E-state index is -0.709. The molecule has 1 aromatic carbocycles. The summed E-state index contributed by atoms with van der Waals surface area (Å²) >= 11 is 0. The van der Waals surface area contributed by atoms with Gasteiger partial charge in [-0.3, -0.25) is 4.79 Å². The molecule has 0 amide bonds. The quantitative estimate of drug-likeness (QED) is 0.828. The number of carboxylic acids is 1. The van der Waals surface area contributed by atoms with E-state index in [0.717, 1.165) is 17.5 Å². The van der Waals surface area contributed by atoms with Gasteiger partial charge in [-0.1, -0.05) is 49.9 Å². The molecule has 19 heavy (non-hydrogen) atoms. The second-order valence-corrected chi connectivity index (χ2v) is 5.55. The fraction of sp³-hybridized carbons (Fsp3) is 0.562. The lowest BCUT2D eigenvalue weighted by atomic mass is 9.87. The van der Waals surface area contributed by atoms with Crippen LogP contribution in [-0.4, -0.2) is 16.2 Å². The Morgan fingerprint density at radius 3 is 2.42 bits per heavy atom. The van der Waals surface area contributed by atoms with Gasteiger partial charge < -0.3 is 10.2 Å². The average molecular weight is 262 g/mol. The first kappa shape index (κ1) is 14.1. The van der Waals surface area contributed by atoms with Crippen LogP contribution in [0.25, 0.3) is 0 Å². The van der Waals surface area contributed by atoms with E-state index in [1.54, 1.807) is 0 Å². The molecule has 1 aromatic rings. The monoisotopic (exact) mass is 262 g/mol. The molecule has 2 rings (SSSR count). The van der Waals surface area contributed by atoms with Gasteiger partial charge in [0.1, 0.15) is 0 Å². The number of hydrogen-bond acceptors (Lipinski definition) is 2. The summed E-state index contributed by atoms with van der Waals surface area (Å²) in [7, 11) is 0. The number of aliphatic carboxylic acids is 1. The molecule has 0 aliphatic heterocycles. The first-order valence-corrected chi connectivity index (χ1v) is 7.11. The molecule has 1 aliphatic rings. The van der Waals surface area contributed by atoms with Crippen LogP contribution >= 0.6 is 0 Å². The highest BCUT2D eigenvalue weighted by Crippen LogP contribution is 2.32. The van der Waals surface area contributed by atoms with E-state index in [4.69, 9.17) is 0 Å². The molecule has 1 aliphatic carbocycles. The van der Waals surface area contributed by atoms with Crippen LogP contribution in [-0.2, 0) is 17.8 Å². The van der Waals surface area contributed by atoms with Crippen molar-refractivity contribution in [1.29, 1.82) is 0 Å². The standard InChI is InChI=1S/C16H22O3/c17-11-14-8-4-3-7-13(14)10-15(16(18)19)9-12-5-1-2-6-12/h3-4,7-8,12,15,17H,1-2,5-6,9-11H2,(H,18,19). The van der Waals surface area contributed by atoms with Crippen molar-refractivity contribution in [3.63, 3.8) is 0 Å². The minimum Gasteiger partial charge on any atom is -0.481 e. The van der Waals surface area contributed by atoms with Crippen LogP contribution in [0.1, 0.15) is 43.2 Å². The number of carboxylic acid groups (broad SMARTS) is 1. The lowest BCUT2D eigenvalue weighted by molar-refractivity contribution is -0.142. The highest BCUT2D eigenvalue weighted by molar-refractivity contribution is 5.70. The lowest BCUT2D eigenvalue weighted by Crippen LogP contribution is -2.20. The van der Waals surface area contributed by atoms with E-state index < -0.39 is 5.97 Å². The highest BCUT2D eigenvalue weighted by atomic mass is 16.4. The Morgan fingerprint density at radius 1 is 1.21 bits per heavy atom. The van der Waals surface area contributed by atoms with E-state index in [1.165, 1.54) is 25.7 Å². The molecule has 1 fully saturated rings. The number of benzene rings is 1. The van der Waals surface area contributed by atoms with Gasteiger partial charge in [-0.05, 0) is 29.9 Å². The maximum absolute atomic E-state index is 11.4. The Morgan fingerprint density at radius 2 is 1.84 bits per heavy atom. The Labute approximate surface area is 114 Å². The SMILES string of the molecule is O=C(O)C(Cc1ccccc1CO)CC1CCCC1. The van der Waals surface area contributed by atoms with Crippen molar-refractivity contribution < 1.29 is 15.0 Å². The molecule has 1 unspecified atom stereocenters. The predicted octanol–water partition coefficient (Wildman–Crippen LogP) is 3.00. The van der Waals surface area contributed by atoms with E-state index in [9.17, 15) is 15.0 Å². The van der Waals surface area contributed by atoms with Gasteiger partial charge in [0.25, 0.3) is 0 Å². The largest absolute Gasteiger partial charge is 0.481 e. The van der Waals surface area contributed by atoms with E-state index in [2.05, 4.69) is 0 Å². The fourth-order valence-corrected chi connectivity index (χ4v) is 3.10. The van der Waals surface area contributed by atoms with Gasteiger partial charge >= 0.3 is 5.97 Å². The van der Waals surface area contributed by atoms with Gasteiger partial charge in [-0.2, -0.15) is 0 Å². The van der Waals surface area contributed by atoms with Crippen molar-refractivity contribution in [2.24, 2.45) is 11.8 Å². The first-order valence-electron chi connectivity index (χ1n) is 7.11. The van der Waals surface area contributed by atoms with Gasteiger partial charge in [0.15, 0.2) is 0 Å². The minimum absolute atomic E-state index is 0.0219. The molecular weight excluding hydrogens is 240 g/mol. The Hall–Kier alpha value is -1.35. The lowest BCUT2D eigenvalue weighted by Gasteiger charge is -2.18. The summed E-state index contributed by atoms with van der Waals surface area (Å²) in [4.78, 5) is 11.4. The van der Waals surface area contributed by atoms with Crippen molar-refractivity contribution in [3.05, 3.63) is 35.4 Å². The van der Waals surface area contributed by atoms with Crippen LogP contribution < -0.4 is 0 Å². The van der Waals surface area contributed by atoms with Crippen molar-refractivity contribution in [2.75, 3.05) is 0 Å². The summed E-state index contributed by atoms with van der Waals surface area (Å²) in [5.41, 5.74) is 1.82. The molecule has 104 valence electrons. The van der Waals surface area contributed by atoms with Gasteiger partial charge in [0.2, 0.25) is 0 Å². The van der Waals surface area contributed by atoms with E-state index in [0.29, 0.717) is 12.3 Å². The topological polar surface area (TPSA) is 57.5 Å². The summed E-state index contributed by atoms with van der Waals surface area (Å²) in [6.45, 7) is -0.0219. The van der Waals surface area contributed by atoms with Gasteiger partial charge in [0.05, 0.1) is 12.5 Å². The maximum Gasteiger partial charge on any atom is 0.306 e. The molecule has 0 heterocycles. The fourth-order valence-electron chi connectivity index (χ4n) is 3.10. The van der Waals surface area contributed by atoms with Gasteiger partial charge in [-0.15, -0.1) is 0 Å². The Kier molecular flexibility index (Phi) is 4.97. The zero-order chi connectivity index (χ0) is 13.7. The number of carbonyl (C=O) groups is 1. The summed E-state index contributed by atoms with van der Waals surface area (Å²) in [5.74, 6) is -0.460. The zero-order valence-corrected chi connectivity index (χ0v) is 11.2. The Balaban J connectivity index is 2.05. The van der Waals surface area contributed by atoms with E-state index in [-0.39, 0.29) is 12.5 Å². The van der Waals surface area contributed by atoms with Crippen LogP contribution in [0.4, 0.5) is 0 Å². The summed E-state index contributed by atoms with van der Waals surface area (Å²) < 4.78 is 0. The average Bonchev–Trinajstić information content (AvgIpc) is 2.91. The van der Waals surface area contributed by atoms with Crippen LogP contribution in [0.3, 0.4) is 0 Å². The molecule has 0 spiro atoms. The molecule has 0 aromatic heterocycles. The third-order valence-corrected chi connectivity index (χ3v) is 4.20. The van der Waals surface area contributed by atoms with Crippen molar-refractivity contribution >= 4 is 5.97 Å². The Bertz CT molecular complexity index is 422. The predicted molar refractivity (Wildman–Crippen MR) is 73.8 cm³/mol. The molecule has 2 N–H and O–H groups in total. The van der Waals surface area contributed by atoms with Gasteiger partial charge in [-0.25, -0.2) is 0 Å². The molecule has 1 saturated carbocycles. The number of aliphatic hydroxyl groups is 1. The third kappa shape index (κ3) is 3.80. The van der Waals surface area contributed by atoms with Crippen LogP contribution in [0.2, 0.25) is 0 Å². The third-order valence-electron chi connectivity index (χ3n) is 4.20. The summed E-state index contributed by atoms with van der Waals surface area (Å²) in [5, 5.41) is 18.7. The first-order chi connectivity index (χ1) is 9.20. The smallest absolute Gasteiger partial charge is 0.306 e. The molecule has 3 nitrogen and oxygen atoms in total. The second-order valence-electron chi connectivity index (χ2n) is 5.55. The highest BCUT2D eigenvalue weighted by Gasteiger charge is 2.25. The van der Waals surface area contributed by atoms with Crippen molar-refractivity contribution in [2.45, 2.75) is 45.1 Å². The number of hydrogen-bond donors (Lipinski definition) is 2. The molecule has 0 saturated heterocycles. The van der Waals surface area contributed by atoms with Crippen LogP contribution in [0.15, 0.2) is 24.3 Å². The molecule has 0 radical (unpaired) electrons. The van der Waals surface area contributed by atoms with Gasteiger partial charge in [0, 0.05) is 0 Å². The van der Waals surface area contributed by atoms with E-state index >= 15 is 0 Å². The summed E-state index contributed by atoms with van der Waals surface area (Å²) in [6.07, 6.45) is 6.13. The second kappa shape index (κ2) is 6.71. The number of rotatable bonds is 6.